The number of hydrogen-bond acceptors (Lipinski definition) is 4. The normalized spacial score (nSPS) is 10.5. The highest BCUT2D eigenvalue weighted by molar-refractivity contribution is 7.12. The van der Waals surface area contributed by atoms with Crippen LogP contribution in [-0.2, 0) is 6.54 Å². The molecule has 0 aromatic carbocycles. The molecule has 0 aliphatic rings. The number of ether oxygens (including phenoxy) is 1. The Morgan fingerprint density at radius 3 is 2.62 bits per heavy atom. The molecule has 0 aliphatic heterocycles. The van der Waals surface area contributed by atoms with Gasteiger partial charge in [0, 0.05) is 24.4 Å². The van der Waals surface area contributed by atoms with Crippen LogP contribution in [0.25, 0.3) is 0 Å². The van der Waals surface area contributed by atoms with Crippen molar-refractivity contribution in [2.45, 2.75) is 27.3 Å². The molecule has 0 aliphatic carbocycles. The van der Waals surface area contributed by atoms with Crippen molar-refractivity contribution in [3.8, 4) is 5.75 Å². The summed E-state index contributed by atoms with van der Waals surface area (Å²) in [5, 5.41) is 1.94. The molecule has 4 nitrogen and oxygen atoms in total. The number of aryl methyl sites for hydroxylation is 2. The SMILES string of the molecule is COc1c(C)cnc(CN(C)C(=O)c2sccc2C)c1C. The van der Waals surface area contributed by atoms with Crippen molar-refractivity contribution in [1.82, 2.24) is 9.88 Å². The molecule has 2 heterocycles. The standard InChI is InChI=1S/C16H20N2O2S/c1-10-6-7-21-15(10)16(19)18(4)9-13-12(3)14(20-5)11(2)8-17-13/h6-8H,9H2,1-5H3. The number of aromatic nitrogens is 1. The van der Waals surface area contributed by atoms with Crippen molar-refractivity contribution in [3.05, 3.63) is 44.9 Å². The van der Waals surface area contributed by atoms with Crippen LogP contribution >= 0.6 is 11.3 Å². The highest BCUT2D eigenvalue weighted by Crippen LogP contribution is 2.25. The van der Waals surface area contributed by atoms with Crippen molar-refractivity contribution in [2.75, 3.05) is 14.2 Å². The molecule has 1 amide bonds. The fraction of sp³-hybridized carbons (Fsp3) is 0.375. The van der Waals surface area contributed by atoms with Gasteiger partial charge in [-0.2, -0.15) is 0 Å². The summed E-state index contributed by atoms with van der Waals surface area (Å²) in [6.07, 6.45) is 1.79. The van der Waals surface area contributed by atoms with Gasteiger partial charge in [0.1, 0.15) is 5.75 Å². The maximum Gasteiger partial charge on any atom is 0.264 e. The predicted octanol–water partition coefficient (Wildman–Crippen LogP) is 3.35. The van der Waals surface area contributed by atoms with Gasteiger partial charge in [0.25, 0.3) is 5.91 Å². The van der Waals surface area contributed by atoms with Crippen LogP contribution in [-0.4, -0.2) is 29.9 Å². The van der Waals surface area contributed by atoms with E-state index >= 15 is 0 Å². The summed E-state index contributed by atoms with van der Waals surface area (Å²) in [5.41, 5.74) is 3.87. The molecular weight excluding hydrogens is 284 g/mol. The first-order valence-corrected chi connectivity index (χ1v) is 7.62. The molecule has 0 saturated heterocycles. The Kier molecular flexibility index (Phi) is 4.63. The summed E-state index contributed by atoms with van der Waals surface area (Å²) in [5.74, 6) is 0.872. The van der Waals surface area contributed by atoms with E-state index in [1.54, 1.807) is 25.3 Å². The molecule has 0 radical (unpaired) electrons. The van der Waals surface area contributed by atoms with Crippen molar-refractivity contribution in [3.63, 3.8) is 0 Å². The lowest BCUT2D eigenvalue weighted by Crippen LogP contribution is -2.27. The second-order valence-corrected chi connectivity index (χ2v) is 6.06. The van der Waals surface area contributed by atoms with E-state index in [4.69, 9.17) is 4.74 Å². The Labute approximate surface area is 129 Å². The molecule has 0 N–H and O–H groups in total. The lowest BCUT2D eigenvalue weighted by Gasteiger charge is -2.19. The first-order chi connectivity index (χ1) is 9.95. The monoisotopic (exact) mass is 304 g/mol. The fourth-order valence-electron chi connectivity index (χ4n) is 2.29. The number of nitrogens with zero attached hydrogens (tertiary/aromatic N) is 2. The van der Waals surface area contributed by atoms with E-state index < -0.39 is 0 Å². The number of rotatable bonds is 4. The van der Waals surface area contributed by atoms with Gasteiger partial charge >= 0.3 is 0 Å². The Morgan fingerprint density at radius 2 is 2.05 bits per heavy atom. The van der Waals surface area contributed by atoms with E-state index in [-0.39, 0.29) is 5.91 Å². The van der Waals surface area contributed by atoms with Crippen LogP contribution in [0.1, 0.15) is 32.1 Å². The van der Waals surface area contributed by atoms with Gasteiger partial charge in [0.15, 0.2) is 0 Å². The topological polar surface area (TPSA) is 42.4 Å². The average molecular weight is 304 g/mol. The lowest BCUT2D eigenvalue weighted by atomic mass is 10.1. The number of carbonyl (C=O) groups excluding carboxylic acids is 1. The van der Waals surface area contributed by atoms with Crippen molar-refractivity contribution in [2.24, 2.45) is 0 Å². The summed E-state index contributed by atoms with van der Waals surface area (Å²) in [7, 11) is 3.46. The smallest absolute Gasteiger partial charge is 0.264 e. The van der Waals surface area contributed by atoms with Crippen LogP contribution in [0, 0.1) is 20.8 Å². The second-order valence-electron chi connectivity index (χ2n) is 5.14. The Hall–Kier alpha value is -1.88. The zero-order valence-corrected chi connectivity index (χ0v) is 13.9. The van der Waals surface area contributed by atoms with Crippen molar-refractivity contribution >= 4 is 17.2 Å². The zero-order valence-electron chi connectivity index (χ0n) is 13.1. The van der Waals surface area contributed by atoms with Gasteiger partial charge < -0.3 is 9.64 Å². The molecule has 21 heavy (non-hydrogen) atoms. The number of pyridine rings is 1. The average Bonchev–Trinajstić information content (AvgIpc) is 2.88. The summed E-state index contributed by atoms with van der Waals surface area (Å²) >= 11 is 1.47. The second kappa shape index (κ2) is 6.26. The highest BCUT2D eigenvalue weighted by atomic mass is 32.1. The Bertz CT molecular complexity index is 664. The van der Waals surface area contributed by atoms with Gasteiger partial charge in [-0.1, -0.05) is 0 Å². The minimum atomic E-state index is 0.0308. The molecule has 2 rings (SSSR count). The molecular formula is C16H20N2O2S. The largest absolute Gasteiger partial charge is 0.496 e. The van der Waals surface area contributed by atoms with Crippen LogP contribution in [0.4, 0.5) is 0 Å². The number of amides is 1. The van der Waals surface area contributed by atoms with E-state index in [1.165, 1.54) is 11.3 Å². The Morgan fingerprint density at radius 1 is 1.33 bits per heavy atom. The fourth-order valence-corrected chi connectivity index (χ4v) is 3.21. The molecule has 0 fully saturated rings. The van der Waals surface area contributed by atoms with Gasteiger partial charge in [-0.25, -0.2) is 0 Å². The van der Waals surface area contributed by atoms with Crippen LogP contribution in [0.15, 0.2) is 17.6 Å². The third-order valence-electron chi connectivity index (χ3n) is 3.54. The summed E-state index contributed by atoms with van der Waals surface area (Å²) in [4.78, 5) is 19.4. The molecule has 0 saturated carbocycles. The number of carbonyl (C=O) groups is 1. The molecule has 0 unspecified atom stereocenters. The van der Waals surface area contributed by atoms with E-state index in [1.807, 2.05) is 32.2 Å². The van der Waals surface area contributed by atoms with Crippen LogP contribution in [0.5, 0.6) is 5.75 Å². The van der Waals surface area contributed by atoms with Gasteiger partial charge in [0.2, 0.25) is 0 Å². The van der Waals surface area contributed by atoms with Crippen LogP contribution in [0.3, 0.4) is 0 Å². The van der Waals surface area contributed by atoms with Crippen molar-refractivity contribution < 1.29 is 9.53 Å². The first kappa shape index (κ1) is 15.5. The van der Waals surface area contributed by atoms with Gasteiger partial charge in [-0.15, -0.1) is 11.3 Å². The molecule has 2 aromatic rings. The lowest BCUT2D eigenvalue weighted by molar-refractivity contribution is 0.0787. The summed E-state index contributed by atoms with van der Waals surface area (Å²) in [6.45, 7) is 6.37. The van der Waals surface area contributed by atoms with E-state index in [9.17, 15) is 4.79 Å². The first-order valence-electron chi connectivity index (χ1n) is 6.74. The molecule has 0 bridgehead atoms. The maximum absolute atomic E-state index is 12.4. The molecule has 0 atom stereocenters. The quantitative estimate of drug-likeness (QED) is 0.870. The molecule has 0 spiro atoms. The number of thiophene rings is 1. The van der Waals surface area contributed by atoms with Gasteiger partial charge in [-0.3, -0.25) is 9.78 Å². The number of hydrogen-bond donors (Lipinski definition) is 0. The molecule has 5 heteroatoms. The molecule has 2 aromatic heterocycles. The third-order valence-corrected chi connectivity index (χ3v) is 4.54. The van der Waals surface area contributed by atoms with Crippen LogP contribution < -0.4 is 4.74 Å². The number of methoxy groups -OCH3 is 1. The maximum atomic E-state index is 12.4. The highest BCUT2D eigenvalue weighted by Gasteiger charge is 2.18. The minimum absolute atomic E-state index is 0.0308. The van der Waals surface area contributed by atoms with Gasteiger partial charge in [0.05, 0.1) is 24.2 Å². The summed E-state index contributed by atoms with van der Waals surface area (Å²) in [6, 6.07) is 1.96. The minimum Gasteiger partial charge on any atom is -0.496 e. The van der Waals surface area contributed by atoms with Crippen molar-refractivity contribution in [1.29, 1.82) is 0 Å². The summed E-state index contributed by atoms with van der Waals surface area (Å²) < 4.78 is 5.41. The zero-order chi connectivity index (χ0) is 15.6. The van der Waals surface area contributed by atoms with E-state index in [0.717, 1.165) is 33.0 Å². The third kappa shape index (κ3) is 3.08. The Balaban J connectivity index is 2.22. The van der Waals surface area contributed by atoms with E-state index in [2.05, 4.69) is 4.98 Å². The van der Waals surface area contributed by atoms with Gasteiger partial charge in [-0.05, 0) is 37.8 Å². The molecule has 112 valence electrons. The van der Waals surface area contributed by atoms with E-state index in [0.29, 0.717) is 6.54 Å². The van der Waals surface area contributed by atoms with Crippen LogP contribution in [0.2, 0.25) is 0 Å². The predicted molar refractivity (Wildman–Crippen MR) is 85.1 cm³/mol.